The van der Waals surface area contributed by atoms with Gasteiger partial charge in [-0.25, -0.2) is 5.01 Å². The molecule has 1 rings (SSSR count). The van der Waals surface area contributed by atoms with Gasteiger partial charge in [0.25, 0.3) is 0 Å². The van der Waals surface area contributed by atoms with Crippen LogP contribution in [0.4, 0.5) is 0 Å². The van der Waals surface area contributed by atoms with E-state index in [-0.39, 0.29) is 6.10 Å². The fraction of sp³-hybridized carbons (Fsp3) is 1.00. The number of nitrogens with zero attached hydrogens (tertiary/aromatic N) is 1. The minimum Gasteiger partial charge on any atom is -0.382 e. The van der Waals surface area contributed by atoms with Gasteiger partial charge in [-0.05, 0) is 7.05 Å². The quantitative estimate of drug-likeness (QED) is 0.601. The third-order valence-corrected chi connectivity index (χ3v) is 1.81. The summed E-state index contributed by atoms with van der Waals surface area (Å²) >= 11 is 0. The largest absolute Gasteiger partial charge is 0.382 e. The van der Waals surface area contributed by atoms with Gasteiger partial charge in [0, 0.05) is 20.2 Å². The number of morpholine rings is 1. The molecule has 0 unspecified atom stereocenters. The van der Waals surface area contributed by atoms with Crippen molar-refractivity contribution in [2.24, 2.45) is 0 Å². The van der Waals surface area contributed by atoms with Crippen molar-refractivity contribution in [3.8, 4) is 0 Å². The fourth-order valence-electron chi connectivity index (χ4n) is 1.21. The average molecular weight is 160 g/mol. The maximum atomic E-state index is 5.44. The Balaban J connectivity index is 2.21. The van der Waals surface area contributed by atoms with Gasteiger partial charge in [0.1, 0.15) is 0 Å². The van der Waals surface area contributed by atoms with E-state index in [2.05, 4.69) is 10.4 Å². The Hall–Kier alpha value is -0.160. The molecule has 1 fully saturated rings. The van der Waals surface area contributed by atoms with Gasteiger partial charge in [-0.1, -0.05) is 0 Å². The lowest BCUT2D eigenvalue weighted by Crippen LogP contribution is -2.49. The zero-order valence-electron chi connectivity index (χ0n) is 7.17. The molecule has 0 aromatic heterocycles. The van der Waals surface area contributed by atoms with Crippen LogP contribution in [0.15, 0.2) is 0 Å². The van der Waals surface area contributed by atoms with Crippen LogP contribution < -0.4 is 5.43 Å². The summed E-state index contributed by atoms with van der Waals surface area (Å²) in [7, 11) is 3.62. The number of rotatable bonds is 3. The molecule has 0 saturated carbocycles. The molecular formula is C7H16N2O2. The van der Waals surface area contributed by atoms with E-state index in [4.69, 9.17) is 9.47 Å². The molecule has 4 nitrogen and oxygen atoms in total. The Morgan fingerprint density at radius 3 is 3.18 bits per heavy atom. The Labute approximate surface area is 67.4 Å². The summed E-state index contributed by atoms with van der Waals surface area (Å²) < 4.78 is 10.4. The smallest absolute Gasteiger partial charge is 0.0949 e. The Morgan fingerprint density at radius 1 is 1.73 bits per heavy atom. The van der Waals surface area contributed by atoms with Crippen LogP contribution in [0.3, 0.4) is 0 Å². The molecule has 0 bridgehead atoms. The molecule has 0 radical (unpaired) electrons. The topological polar surface area (TPSA) is 33.7 Å². The molecule has 1 saturated heterocycles. The zero-order valence-corrected chi connectivity index (χ0v) is 7.17. The van der Waals surface area contributed by atoms with Gasteiger partial charge >= 0.3 is 0 Å². The lowest BCUT2D eigenvalue weighted by Gasteiger charge is -2.31. The summed E-state index contributed by atoms with van der Waals surface area (Å²) in [5, 5.41) is 2.13. The van der Waals surface area contributed by atoms with Gasteiger partial charge < -0.3 is 9.47 Å². The van der Waals surface area contributed by atoms with E-state index in [0.717, 1.165) is 19.7 Å². The SMILES string of the molecule is CNN1CCO[C@@H](COC)C1. The molecule has 1 aliphatic heterocycles. The van der Waals surface area contributed by atoms with Gasteiger partial charge in [-0.15, -0.1) is 0 Å². The number of hydrogen-bond acceptors (Lipinski definition) is 4. The standard InChI is InChI=1S/C7H16N2O2/c1-8-9-3-4-11-7(5-9)6-10-2/h7-8H,3-6H2,1-2H3/t7-/m1/s1. The first-order chi connectivity index (χ1) is 5.36. The second-order valence-electron chi connectivity index (χ2n) is 2.62. The van der Waals surface area contributed by atoms with Gasteiger partial charge in [-0.3, -0.25) is 5.43 Å². The van der Waals surface area contributed by atoms with E-state index in [9.17, 15) is 0 Å². The monoisotopic (exact) mass is 160 g/mol. The Bertz CT molecular complexity index is 109. The third-order valence-electron chi connectivity index (χ3n) is 1.81. The molecule has 66 valence electrons. The number of hydrogen-bond donors (Lipinski definition) is 1. The van der Waals surface area contributed by atoms with Gasteiger partial charge in [-0.2, -0.15) is 0 Å². The van der Waals surface area contributed by atoms with Crippen molar-refractivity contribution in [1.82, 2.24) is 10.4 Å². The van der Waals surface area contributed by atoms with E-state index < -0.39 is 0 Å². The van der Waals surface area contributed by atoms with E-state index in [1.54, 1.807) is 7.11 Å². The van der Waals surface area contributed by atoms with Crippen LogP contribution in [0.2, 0.25) is 0 Å². The Kier molecular flexibility index (Phi) is 3.79. The van der Waals surface area contributed by atoms with Crippen LogP contribution in [0.25, 0.3) is 0 Å². The maximum Gasteiger partial charge on any atom is 0.0949 e. The van der Waals surface area contributed by atoms with E-state index >= 15 is 0 Å². The highest BCUT2D eigenvalue weighted by atomic mass is 16.5. The summed E-state index contributed by atoms with van der Waals surface area (Å²) in [5.41, 5.74) is 3.09. The van der Waals surface area contributed by atoms with Crippen molar-refractivity contribution in [3.63, 3.8) is 0 Å². The molecule has 1 heterocycles. The molecule has 0 aliphatic carbocycles. The minimum absolute atomic E-state index is 0.223. The molecule has 0 spiro atoms. The lowest BCUT2D eigenvalue weighted by molar-refractivity contribution is -0.0725. The van der Waals surface area contributed by atoms with Crippen molar-refractivity contribution in [2.45, 2.75) is 6.10 Å². The average Bonchev–Trinajstić information content (AvgIpc) is 2.06. The molecule has 1 N–H and O–H groups in total. The van der Waals surface area contributed by atoms with E-state index in [0.29, 0.717) is 6.61 Å². The van der Waals surface area contributed by atoms with Crippen LogP contribution in [-0.2, 0) is 9.47 Å². The molecular weight excluding hydrogens is 144 g/mol. The zero-order chi connectivity index (χ0) is 8.10. The maximum absolute atomic E-state index is 5.44. The lowest BCUT2D eigenvalue weighted by atomic mass is 10.3. The van der Waals surface area contributed by atoms with Crippen LogP contribution >= 0.6 is 0 Å². The number of hydrazine groups is 1. The van der Waals surface area contributed by atoms with Gasteiger partial charge in [0.05, 0.1) is 19.3 Å². The first kappa shape index (κ1) is 8.93. The number of nitrogens with one attached hydrogen (secondary N) is 1. The third kappa shape index (κ3) is 2.75. The number of methoxy groups -OCH3 is 1. The second kappa shape index (κ2) is 4.66. The number of ether oxygens (including phenoxy) is 2. The summed E-state index contributed by atoms with van der Waals surface area (Å²) in [4.78, 5) is 0. The van der Waals surface area contributed by atoms with Crippen LogP contribution in [0, 0.1) is 0 Å². The summed E-state index contributed by atoms with van der Waals surface area (Å²) in [6.45, 7) is 3.33. The van der Waals surface area contributed by atoms with Gasteiger partial charge in [0.15, 0.2) is 0 Å². The predicted octanol–water partition coefficient (Wildman–Crippen LogP) is -0.532. The van der Waals surface area contributed by atoms with Crippen molar-refractivity contribution < 1.29 is 9.47 Å². The first-order valence-corrected chi connectivity index (χ1v) is 3.89. The predicted molar refractivity (Wildman–Crippen MR) is 42.2 cm³/mol. The summed E-state index contributed by atoms with van der Waals surface area (Å²) in [6, 6.07) is 0. The summed E-state index contributed by atoms with van der Waals surface area (Å²) in [6.07, 6.45) is 0.223. The highest BCUT2D eigenvalue weighted by Crippen LogP contribution is 2.01. The minimum atomic E-state index is 0.223. The fourth-order valence-corrected chi connectivity index (χ4v) is 1.21. The van der Waals surface area contributed by atoms with Crippen LogP contribution in [0.5, 0.6) is 0 Å². The van der Waals surface area contributed by atoms with E-state index in [1.165, 1.54) is 0 Å². The second-order valence-corrected chi connectivity index (χ2v) is 2.62. The molecule has 0 amide bonds. The van der Waals surface area contributed by atoms with Crippen LogP contribution in [-0.4, -0.2) is 51.6 Å². The van der Waals surface area contributed by atoms with Crippen molar-refractivity contribution >= 4 is 0 Å². The highest BCUT2D eigenvalue weighted by Gasteiger charge is 2.18. The molecule has 0 aromatic rings. The van der Waals surface area contributed by atoms with Crippen molar-refractivity contribution in [3.05, 3.63) is 0 Å². The molecule has 11 heavy (non-hydrogen) atoms. The van der Waals surface area contributed by atoms with Crippen LogP contribution in [0.1, 0.15) is 0 Å². The van der Waals surface area contributed by atoms with Gasteiger partial charge in [0.2, 0.25) is 0 Å². The summed E-state index contributed by atoms with van der Waals surface area (Å²) in [5.74, 6) is 0. The highest BCUT2D eigenvalue weighted by molar-refractivity contribution is 4.67. The van der Waals surface area contributed by atoms with Crippen molar-refractivity contribution in [1.29, 1.82) is 0 Å². The molecule has 1 aliphatic rings. The van der Waals surface area contributed by atoms with Crippen molar-refractivity contribution in [2.75, 3.05) is 40.5 Å². The first-order valence-electron chi connectivity index (χ1n) is 3.89. The van der Waals surface area contributed by atoms with E-state index in [1.807, 2.05) is 7.05 Å². The normalized spacial score (nSPS) is 27.3. The molecule has 0 aromatic carbocycles. The molecule has 4 heteroatoms. The molecule has 1 atom stereocenters. The Morgan fingerprint density at radius 2 is 2.55 bits per heavy atom.